The Balaban J connectivity index is 2.21. The Hall–Kier alpha value is -1.12. The molecule has 0 aliphatic rings. The van der Waals surface area contributed by atoms with Crippen molar-refractivity contribution in [2.75, 3.05) is 0 Å². The monoisotopic (exact) mass is 286 g/mol. The van der Waals surface area contributed by atoms with E-state index in [4.69, 9.17) is 23.2 Å². The number of alkyl halides is 1. The first-order valence-electron chi connectivity index (χ1n) is 5.40. The highest BCUT2D eigenvalue weighted by molar-refractivity contribution is 6.30. The average Bonchev–Trinajstić information content (AvgIpc) is 2.32. The molecule has 0 aliphatic heterocycles. The summed E-state index contributed by atoms with van der Waals surface area (Å²) in [6, 6.07) is 10.4. The zero-order valence-electron chi connectivity index (χ0n) is 9.34. The van der Waals surface area contributed by atoms with Gasteiger partial charge in [-0.2, -0.15) is 0 Å². The Morgan fingerprint density at radius 2 is 1.83 bits per heavy atom. The zero-order valence-corrected chi connectivity index (χ0v) is 10.8. The number of hydrogen-bond acceptors (Lipinski definition) is 0. The second-order valence-corrected chi connectivity index (χ2v) is 4.93. The smallest absolute Gasteiger partial charge is 0.128 e. The van der Waals surface area contributed by atoms with Crippen LogP contribution in [-0.4, -0.2) is 0 Å². The van der Waals surface area contributed by atoms with Crippen molar-refractivity contribution in [1.29, 1.82) is 0 Å². The highest BCUT2D eigenvalue weighted by Gasteiger charge is 2.14. The van der Waals surface area contributed by atoms with Gasteiger partial charge in [0.1, 0.15) is 11.6 Å². The standard InChI is InChI=1S/C14H10Cl2F2/c15-10-3-1-2-9(6-10)7-13(16)12-8-11(17)4-5-14(12)18/h1-6,8,13H,7H2. The zero-order chi connectivity index (χ0) is 13.1. The summed E-state index contributed by atoms with van der Waals surface area (Å²) in [5, 5.41) is -0.0322. The summed E-state index contributed by atoms with van der Waals surface area (Å²) < 4.78 is 26.6. The normalized spacial score (nSPS) is 12.4. The Bertz CT molecular complexity index is 555. The minimum atomic E-state index is -0.626. The molecule has 0 heterocycles. The Kier molecular flexibility index (Phi) is 4.20. The van der Waals surface area contributed by atoms with Gasteiger partial charge in [0.25, 0.3) is 0 Å². The molecule has 0 nitrogen and oxygen atoms in total. The van der Waals surface area contributed by atoms with Crippen LogP contribution < -0.4 is 0 Å². The largest absolute Gasteiger partial charge is 0.207 e. The number of hydrogen-bond donors (Lipinski definition) is 0. The van der Waals surface area contributed by atoms with Gasteiger partial charge in [-0.15, -0.1) is 11.6 Å². The van der Waals surface area contributed by atoms with Crippen LogP contribution in [0.25, 0.3) is 0 Å². The van der Waals surface area contributed by atoms with E-state index in [0.717, 1.165) is 23.8 Å². The van der Waals surface area contributed by atoms with Crippen molar-refractivity contribution >= 4 is 23.2 Å². The van der Waals surface area contributed by atoms with Gasteiger partial charge >= 0.3 is 0 Å². The average molecular weight is 287 g/mol. The van der Waals surface area contributed by atoms with Gasteiger partial charge in [0.15, 0.2) is 0 Å². The van der Waals surface area contributed by atoms with Crippen molar-refractivity contribution in [2.24, 2.45) is 0 Å². The summed E-state index contributed by atoms with van der Waals surface area (Å²) in [7, 11) is 0. The predicted octanol–water partition coefficient (Wildman–Crippen LogP) is 5.14. The van der Waals surface area contributed by atoms with Gasteiger partial charge in [0.2, 0.25) is 0 Å². The van der Waals surface area contributed by atoms with E-state index in [1.54, 1.807) is 18.2 Å². The molecule has 2 aromatic rings. The number of benzene rings is 2. The fourth-order valence-corrected chi connectivity index (χ4v) is 2.29. The fourth-order valence-electron chi connectivity index (χ4n) is 1.74. The molecule has 0 spiro atoms. The lowest BCUT2D eigenvalue weighted by molar-refractivity contribution is 0.582. The lowest BCUT2D eigenvalue weighted by Gasteiger charge is -2.11. The number of rotatable bonds is 3. The first-order chi connectivity index (χ1) is 8.56. The van der Waals surface area contributed by atoms with Gasteiger partial charge < -0.3 is 0 Å². The molecule has 0 radical (unpaired) electrons. The third kappa shape index (κ3) is 3.21. The van der Waals surface area contributed by atoms with E-state index in [0.29, 0.717) is 11.4 Å². The Morgan fingerprint density at radius 3 is 2.56 bits per heavy atom. The van der Waals surface area contributed by atoms with Crippen LogP contribution in [0.2, 0.25) is 5.02 Å². The third-order valence-corrected chi connectivity index (χ3v) is 3.22. The SMILES string of the molecule is Fc1ccc(F)c(C(Cl)Cc2cccc(Cl)c2)c1. The predicted molar refractivity (Wildman–Crippen MR) is 70.1 cm³/mol. The molecule has 1 unspecified atom stereocenters. The van der Waals surface area contributed by atoms with E-state index in [1.807, 2.05) is 6.07 Å². The molecule has 0 N–H and O–H groups in total. The van der Waals surface area contributed by atoms with Gasteiger partial charge in [-0.1, -0.05) is 23.7 Å². The van der Waals surface area contributed by atoms with Crippen LogP contribution in [0, 0.1) is 11.6 Å². The minimum Gasteiger partial charge on any atom is -0.207 e. The molecule has 0 fully saturated rings. The molecule has 94 valence electrons. The second-order valence-electron chi connectivity index (χ2n) is 3.97. The van der Waals surface area contributed by atoms with Gasteiger partial charge in [-0.3, -0.25) is 0 Å². The van der Waals surface area contributed by atoms with Gasteiger partial charge in [0.05, 0.1) is 5.38 Å². The minimum absolute atomic E-state index is 0.164. The third-order valence-electron chi connectivity index (χ3n) is 2.60. The quantitative estimate of drug-likeness (QED) is 0.685. The Labute approximate surface area is 114 Å². The fraction of sp³-hybridized carbons (Fsp3) is 0.143. The van der Waals surface area contributed by atoms with E-state index < -0.39 is 17.0 Å². The van der Waals surface area contributed by atoms with Crippen LogP contribution in [0.15, 0.2) is 42.5 Å². The summed E-state index contributed by atoms with van der Waals surface area (Å²) >= 11 is 12.0. The van der Waals surface area contributed by atoms with Crippen molar-refractivity contribution in [1.82, 2.24) is 0 Å². The maximum absolute atomic E-state index is 13.5. The van der Waals surface area contributed by atoms with Crippen molar-refractivity contribution < 1.29 is 8.78 Å². The molecule has 1 atom stereocenters. The highest BCUT2D eigenvalue weighted by Crippen LogP contribution is 2.28. The summed E-state index contributed by atoms with van der Waals surface area (Å²) in [4.78, 5) is 0. The molecule has 0 saturated heterocycles. The van der Waals surface area contributed by atoms with Crippen LogP contribution in [0.4, 0.5) is 8.78 Å². The van der Waals surface area contributed by atoms with Crippen molar-refractivity contribution in [2.45, 2.75) is 11.8 Å². The van der Waals surface area contributed by atoms with Gasteiger partial charge in [-0.05, 0) is 42.3 Å². The van der Waals surface area contributed by atoms with E-state index >= 15 is 0 Å². The molecule has 2 aromatic carbocycles. The van der Waals surface area contributed by atoms with E-state index in [-0.39, 0.29) is 5.56 Å². The summed E-state index contributed by atoms with van der Waals surface area (Å²) in [5.74, 6) is -0.999. The molecule has 2 rings (SSSR count). The lowest BCUT2D eigenvalue weighted by Crippen LogP contribution is -2.00. The Morgan fingerprint density at radius 1 is 1.06 bits per heavy atom. The summed E-state index contributed by atoms with van der Waals surface area (Å²) in [6.45, 7) is 0. The van der Waals surface area contributed by atoms with Crippen LogP contribution in [0.3, 0.4) is 0 Å². The van der Waals surface area contributed by atoms with E-state index in [1.165, 1.54) is 0 Å². The first kappa shape index (κ1) is 13.3. The molecule has 4 heteroatoms. The molecular formula is C14H10Cl2F2. The van der Waals surface area contributed by atoms with Crippen LogP contribution in [0.1, 0.15) is 16.5 Å². The van der Waals surface area contributed by atoms with Crippen LogP contribution in [0.5, 0.6) is 0 Å². The second kappa shape index (κ2) is 5.68. The van der Waals surface area contributed by atoms with E-state index in [9.17, 15) is 8.78 Å². The molecule has 0 aromatic heterocycles. The van der Waals surface area contributed by atoms with Crippen LogP contribution >= 0.6 is 23.2 Å². The van der Waals surface area contributed by atoms with E-state index in [2.05, 4.69) is 0 Å². The molecular weight excluding hydrogens is 277 g/mol. The molecule has 0 amide bonds. The molecule has 18 heavy (non-hydrogen) atoms. The maximum Gasteiger partial charge on any atom is 0.128 e. The lowest BCUT2D eigenvalue weighted by atomic mass is 10.0. The first-order valence-corrected chi connectivity index (χ1v) is 6.21. The van der Waals surface area contributed by atoms with Crippen molar-refractivity contribution in [3.8, 4) is 0 Å². The summed E-state index contributed by atoms with van der Waals surface area (Å²) in [5.41, 5.74) is 1.04. The maximum atomic E-state index is 13.5. The molecule has 0 aliphatic carbocycles. The van der Waals surface area contributed by atoms with Gasteiger partial charge in [-0.25, -0.2) is 8.78 Å². The molecule has 0 saturated carbocycles. The summed E-state index contributed by atoms with van der Waals surface area (Å²) in [6.07, 6.45) is 0.391. The van der Waals surface area contributed by atoms with Crippen molar-refractivity contribution in [3.63, 3.8) is 0 Å². The number of halogens is 4. The van der Waals surface area contributed by atoms with Crippen molar-refractivity contribution in [3.05, 3.63) is 70.2 Å². The van der Waals surface area contributed by atoms with Crippen LogP contribution in [-0.2, 0) is 6.42 Å². The highest BCUT2D eigenvalue weighted by atomic mass is 35.5. The molecule has 0 bridgehead atoms. The topological polar surface area (TPSA) is 0 Å². The van der Waals surface area contributed by atoms with Gasteiger partial charge in [0, 0.05) is 10.6 Å².